The minimum absolute atomic E-state index is 0.0712. The Balaban J connectivity index is 2.70. The maximum atomic E-state index is 12.4. The van der Waals surface area contributed by atoms with Gasteiger partial charge in [-0.3, -0.25) is 4.79 Å². The number of hydrogen-bond donors (Lipinski definition) is 1. The van der Waals surface area contributed by atoms with E-state index in [1.165, 1.54) is 12.8 Å². The third-order valence-corrected chi connectivity index (χ3v) is 4.81. The average Bonchev–Trinajstić information content (AvgIpc) is 2.15. The highest BCUT2D eigenvalue weighted by molar-refractivity contribution is 6.21. The summed E-state index contributed by atoms with van der Waals surface area (Å²) in [6, 6.07) is 0. The van der Waals surface area contributed by atoms with Crippen LogP contribution in [-0.4, -0.2) is 16.8 Å². The van der Waals surface area contributed by atoms with E-state index in [1.807, 2.05) is 20.8 Å². The Bertz CT molecular complexity index is 284. The standard InChI is InChI=1S/C14H26ClNO/c1-10(15)14(4,5)16-12(17)11-8-6-7-9-13(11,2)3/h10-11H,6-9H2,1-5H3,(H,16,17). The van der Waals surface area contributed by atoms with Crippen molar-refractivity contribution in [3.63, 3.8) is 0 Å². The van der Waals surface area contributed by atoms with Gasteiger partial charge in [-0.05, 0) is 39.0 Å². The van der Waals surface area contributed by atoms with Crippen molar-refractivity contribution in [3.8, 4) is 0 Å². The maximum absolute atomic E-state index is 12.4. The fraction of sp³-hybridized carbons (Fsp3) is 0.929. The smallest absolute Gasteiger partial charge is 0.224 e. The molecule has 1 N–H and O–H groups in total. The lowest BCUT2D eigenvalue weighted by Gasteiger charge is -2.40. The molecule has 1 fully saturated rings. The van der Waals surface area contributed by atoms with Crippen molar-refractivity contribution in [2.75, 3.05) is 0 Å². The first-order valence-corrected chi connectivity index (χ1v) is 7.06. The van der Waals surface area contributed by atoms with Crippen LogP contribution in [0.1, 0.15) is 60.3 Å². The highest BCUT2D eigenvalue weighted by Gasteiger charge is 2.39. The van der Waals surface area contributed by atoms with Gasteiger partial charge in [0.1, 0.15) is 0 Å². The van der Waals surface area contributed by atoms with Gasteiger partial charge in [-0.2, -0.15) is 0 Å². The molecule has 3 heteroatoms. The van der Waals surface area contributed by atoms with E-state index in [2.05, 4.69) is 19.2 Å². The van der Waals surface area contributed by atoms with Crippen molar-refractivity contribution in [2.24, 2.45) is 11.3 Å². The molecule has 0 spiro atoms. The Morgan fingerprint density at radius 1 is 1.41 bits per heavy atom. The molecular weight excluding hydrogens is 234 g/mol. The van der Waals surface area contributed by atoms with Crippen molar-refractivity contribution in [1.82, 2.24) is 5.32 Å². The zero-order chi connectivity index (χ0) is 13.3. The van der Waals surface area contributed by atoms with Crippen LogP contribution in [0.15, 0.2) is 0 Å². The molecule has 1 amide bonds. The SMILES string of the molecule is CC(Cl)C(C)(C)NC(=O)C1CCCCC1(C)C. The second-order valence-electron chi connectivity index (χ2n) is 6.61. The second-order valence-corrected chi connectivity index (χ2v) is 7.27. The summed E-state index contributed by atoms with van der Waals surface area (Å²) in [5, 5.41) is 3.04. The van der Waals surface area contributed by atoms with E-state index in [0.29, 0.717) is 0 Å². The first kappa shape index (κ1) is 14.8. The lowest BCUT2D eigenvalue weighted by Crippen LogP contribution is -2.53. The summed E-state index contributed by atoms with van der Waals surface area (Å²) in [6.07, 6.45) is 4.55. The van der Waals surface area contributed by atoms with E-state index in [9.17, 15) is 4.79 Å². The van der Waals surface area contributed by atoms with Gasteiger partial charge in [-0.1, -0.05) is 26.7 Å². The van der Waals surface area contributed by atoms with Gasteiger partial charge >= 0.3 is 0 Å². The average molecular weight is 260 g/mol. The minimum Gasteiger partial charge on any atom is -0.349 e. The lowest BCUT2D eigenvalue weighted by molar-refractivity contribution is -0.131. The van der Waals surface area contributed by atoms with Gasteiger partial charge in [0.05, 0.1) is 10.9 Å². The number of halogens is 1. The number of rotatable bonds is 3. The van der Waals surface area contributed by atoms with Crippen molar-refractivity contribution >= 4 is 17.5 Å². The monoisotopic (exact) mass is 259 g/mol. The van der Waals surface area contributed by atoms with E-state index in [-0.39, 0.29) is 28.2 Å². The third-order valence-electron chi connectivity index (χ3n) is 4.26. The maximum Gasteiger partial charge on any atom is 0.224 e. The van der Waals surface area contributed by atoms with Crippen molar-refractivity contribution in [2.45, 2.75) is 71.2 Å². The normalized spacial score (nSPS) is 26.4. The highest BCUT2D eigenvalue weighted by atomic mass is 35.5. The molecule has 1 saturated carbocycles. The lowest BCUT2D eigenvalue weighted by atomic mass is 9.68. The molecule has 2 atom stereocenters. The second kappa shape index (κ2) is 5.17. The molecule has 0 heterocycles. The first-order valence-electron chi connectivity index (χ1n) is 6.63. The quantitative estimate of drug-likeness (QED) is 0.769. The van der Waals surface area contributed by atoms with Crippen LogP contribution in [0.4, 0.5) is 0 Å². The molecule has 0 aromatic heterocycles. The van der Waals surface area contributed by atoms with E-state index in [1.54, 1.807) is 0 Å². The Labute approximate surface area is 110 Å². The van der Waals surface area contributed by atoms with Gasteiger partial charge < -0.3 is 5.32 Å². The Morgan fingerprint density at radius 2 is 2.00 bits per heavy atom. The molecule has 0 aliphatic heterocycles. The predicted molar refractivity (Wildman–Crippen MR) is 73.3 cm³/mol. The fourth-order valence-corrected chi connectivity index (χ4v) is 2.54. The molecule has 0 aromatic carbocycles. The molecule has 17 heavy (non-hydrogen) atoms. The first-order chi connectivity index (χ1) is 7.67. The van der Waals surface area contributed by atoms with Gasteiger partial charge in [0.2, 0.25) is 5.91 Å². The Kier molecular flexibility index (Phi) is 4.51. The molecule has 1 rings (SSSR count). The third kappa shape index (κ3) is 3.61. The largest absolute Gasteiger partial charge is 0.349 e. The van der Waals surface area contributed by atoms with Gasteiger partial charge in [0, 0.05) is 5.92 Å². The summed E-state index contributed by atoms with van der Waals surface area (Å²) < 4.78 is 0. The zero-order valence-corrected chi connectivity index (χ0v) is 12.5. The summed E-state index contributed by atoms with van der Waals surface area (Å²) in [7, 11) is 0. The molecule has 0 bridgehead atoms. The topological polar surface area (TPSA) is 29.1 Å². The molecule has 0 aromatic rings. The fourth-order valence-electron chi connectivity index (χ4n) is 2.48. The summed E-state index contributed by atoms with van der Waals surface area (Å²) >= 11 is 6.11. The van der Waals surface area contributed by atoms with E-state index >= 15 is 0 Å². The van der Waals surface area contributed by atoms with E-state index < -0.39 is 0 Å². The molecular formula is C14H26ClNO. The van der Waals surface area contributed by atoms with E-state index in [0.717, 1.165) is 12.8 Å². The van der Waals surface area contributed by atoms with Crippen LogP contribution in [-0.2, 0) is 4.79 Å². The van der Waals surface area contributed by atoms with Gasteiger partial charge in [-0.25, -0.2) is 0 Å². The Hall–Kier alpha value is -0.240. The van der Waals surface area contributed by atoms with Crippen LogP contribution < -0.4 is 5.32 Å². The number of amides is 1. The van der Waals surface area contributed by atoms with Gasteiger partial charge in [-0.15, -0.1) is 11.6 Å². The van der Waals surface area contributed by atoms with Crippen molar-refractivity contribution < 1.29 is 4.79 Å². The van der Waals surface area contributed by atoms with E-state index in [4.69, 9.17) is 11.6 Å². The predicted octanol–water partition coefficient (Wildman–Crippen LogP) is 3.72. The Morgan fingerprint density at radius 3 is 2.47 bits per heavy atom. The van der Waals surface area contributed by atoms with Crippen LogP contribution >= 0.6 is 11.6 Å². The van der Waals surface area contributed by atoms with Gasteiger partial charge in [0.15, 0.2) is 0 Å². The number of carbonyl (C=O) groups excluding carboxylic acids is 1. The minimum atomic E-state index is -0.341. The van der Waals surface area contributed by atoms with Crippen LogP contribution in [0, 0.1) is 11.3 Å². The van der Waals surface area contributed by atoms with Crippen LogP contribution in [0.25, 0.3) is 0 Å². The summed E-state index contributed by atoms with van der Waals surface area (Å²) in [6.45, 7) is 10.3. The highest BCUT2D eigenvalue weighted by Crippen LogP contribution is 2.40. The van der Waals surface area contributed by atoms with Crippen LogP contribution in [0.5, 0.6) is 0 Å². The number of alkyl halides is 1. The molecule has 2 unspecified atom stereocenters. The molecule has 0 saturated heterocycles. The zero-order valence-electron chi connectivity index (χ0n) is 11.8. The molecule has 0 radical (unpaired) electrons. The molecule has 2 nitrogen and oxygen atoms in total. The summed E-state index contributed by atoms with van der Waals surface area (Å²) in [5.74, 6) is 0.304. The number of nitrogens with one attached hydrogen (secondary N) is 1. The number of carbonyl (C=O) groups is 1. The van der Waals surface area contributed by atoms with Crippen LogP contribution in [0.3, 0.4) is 0 Å². The molecule has 1 aliphatic carbocycles. The molecule has 1 aliphatic rings. The van der Waals surface area contributed by atoms with Gasteiger partial charge in [0.25, 0.3) is 0 Å². The molecule has 100 valence electrons. The van der Waals surface area contributed by atoms with Crippen molar-refractivity contribution in [3.05, 3.63) is 0 Å². The van der Waals surface area contributed by atoms with Crippen LogP contribution in [0.2, 0.25) is 0 Å². The summed E-state index contributed by atoms with van der Waals surface area (Å²) in [5.41, 5.74) is -0.222. The van der Waals surface area contributed by atoms with Crippen molar-refractivity contribution in [1.29, 1.82) is 0 Å². The summed E-state index contributed by atoms with van der Waals surface area (Å²) in [4.78, 5) is 12.4. The number of hydrogen-bond acceptors (Lipinski definition) is 1.